The lowest BCUT2D eigenvalue weighted by molar-refractivity contribution is -0.0319. The van der Waals surface area contributed by atoms with Gasteiger partial charge >= 0.3 is 0 Å². The highest BCUT2D eigenvalue weighted by Gasteiger charge is 2.20. The Hall–Kier alpha value is -2.11. The topological polar surface area (TPSA) is 41.5 Å². The summed E-state index contributed by atoms with van der Waals surface area (Å²) in [7, 11) is 0. The maximum absolute atomic E-state index is 8.94. The molecule has 3 nitrogen and oxygen atoms in total. The molecule has 2 atom stereocenters. The lowest BCUT2D eigenvalue weighted by atomic mass is 9.88. The predicted octanol–water partition coefficient (Wildman–Crippen LogP) is 7.84. The summed E-state index contributed by atoms with van der Waals surface area (Å²) in [6, 6.07) is 31.2. The van der Waals surface area contributed by atoms with E-state index in [-0.39, 0.29) is 14.1 Å². The van der Waals surface area contributed by atoms with Crippen LogP contribution >= 0.6 is 12.6 Å². The van der Waals surface area contributed by atoms with Crippen molar-refractivity contribution < 1.29 is 11.3 Å². The molecule has 36 heavy (non-hydrogen) atoms. The fraction of sp³-hybridized carbons (Fsp3) is 0.438. The third kappa shape index (κ3) is 15.8. The average molecular weight is 512 g/mol. The molecule has 0 radical (unpaired) electrons. The molecule has 0 aliphatic carbocycles. The fourth-order valence-corrected chi connectivity index (χ4v) is 3.78. The maximum atomic E-state index is 8.94. The molecule has 0 saturated carbocycles. The summed E-state index contributed by atoms with van der Waals surface area (Å²) in [5.74, 6) is 0. The van der Waals surface area contributed by atoms with Crippen molar-refractivity contribution in [2.45, 2.75) is 77.5 Å². The predicted molar refractivity (Wildman–Crippen MR) is 160 cm³/mol. The molecule has 0 bridgehead atoms. The normalized spacial score (nSPS) is 16.8. The third-order valence-electron chi connectivity index (χ3n) is 5.35. The van der Waals surface area contributed by atoms with Gasteiger partial charge in [0.25, 0.3) is 0 Å². The first kappa shape index (κ1) is 31.9. The molecule has 2 N–H and O–H groups in total. The summed E-state index contributed by atoms with van der Waals surface area (Å²) < 4.78 is 5.52. The van der Waals surface area contributed by atoms with Crippen molar-refractivity contribution in [3.8, 4) is 0 Å². The van der Waals surface area contributed by atoms with Crippen molar-refractivity contribution in [2.75, 3.05) is 13.2 Å². The van der Waals surface area contributed by atoms with Gasteiger partial charge < -0.3 is 15.2 Å². The highest BCUT2D eigenvalue weighted by Crippen LogP contribution is 2.19. The van der Waals surface area contributed by atoms with Gasteiger partial charge in [-0.3, -0.25) is 0 Å². The molecule has 1 aliphatic rings. The molecule has 200 valence electrons. The van der Waals surface area contributed by atoms with Crippen LogP contribution in [-0.4, -0.2) is 30.5 Å². The molecule has 4 heteroatoms. The van der Waals surface area contributed by atoms with Crippen LogP contribution < -0.4 is 5.32 Å². The first-order chi connectivity index (χ1) is 17.4. The third-order valence-corrected chi connectivity index (χ3v) is 5.64. The summed E-state index contributed by atoms with van der Waals surface area (Å²) >= 11 is 4.08. The number of aliphatic hydroxyl groups excluding tert-OH is 1. The number of ether oxygens (including phenoxy) is 1. The lowest BCUT2D eigenvalue weighted by Gasteiger charge is -2.28. The van der Waals surface area contributed by atoms with Gasteiger partial charge in [0, 0.05) is 18.9 Å². The Labute approximate surface area is 227 Å². The van der Waals surface area contributed by atoms with Gasteiger partial charge in [0.05, 0.1) is 19.3 Å². The number of thiol groups is 1. The van der Waals surface area contributed by atoms with Crippen LogP contribution in [0.5, 0.6) is 0 Å². The fourth-order valence-electron chi connectivity index (χ4n) is 3.61. The highest BCUT2D eigenvalue weighted by atomic mass is 32.1. The highest BCUT2D eigenvalue weighted by molar-refractivity contribution is 7.80. The van der Waals surface area contributed by atoms with Gasteiger partial charge in [-0.1, -0.05) is 113 Å². The Morgan fingerprint density at radius 3 is 1.72 bits per heavy atom. The van der Waals surface area contributed by atoms with Crippen molar-refractivity contribution in [2.24, 2.45) is 5.41 Å². The number of hydrogen-bond donors (Lipinski definition) is 3. The van der Waals surface area contributed by atoms with Crippen molar-refractivity contribution in [3.63, 3.8) is 0 Å². The molecule has 1 fully saturated rings. The Balaban J connectivity index is 0.000000538. The van der Waals surface area contributed by atoms with Crippen LogP contribution in [0.25, 0.3) is 0 Å². The SMILES string of the molecule is CC.CC(C)(C)Cc1ccccc1.OCC1CCC(NCc2ccccc2)CO1.Sc1ccccc1.[HH]. The molecule has 3 aromatic rings. The molecule has 0 aromatic heterocycles. The molecule has 1 heterocycles. The zero-order valence-corrected chi connectivity index (χ0v) is 23.8. The quantitative estimate of drug-likeness (QED) is 0.306. The number of rotatable bonds is 5. The number of aliphatic hydroxyl groups is 1. The lowest BCUT2D eigenvalue weighted by Crippen LogP contribution is -2.40. The van der Waals surface area contributed by atoms with Crippen LogP contribution in [-0.2, 0) is 17.7 Å². The van der Waals surface area contributed by atoms with E-state index < -0.39 is 0 Å². The van der Waals surface area contributed by atoms with E-state index in [2.05, 4.69) is 93.3 Å². The van der Waals surface area contributed by atoms with Crippen molar-refractivity contribution in [3.05, 3.63) is 102 Å². The summed E-state index contributed by atoms with van der Waals surface area (Å²) in [4.78, 5) is 1.02. The van der Waals surface area contributed by atoms with Gasteiger partial charge in [0.1, 0.15) is 0 Å². The van der Waals surface area contributed by atoms with E-state index in [1.807, 2.05) is 50.2 Å². The van der Waals surface area contributed by atoms with Crippen molar-refractivity contribution >= 4 is 12.6 Å². The Morgan fingerprint density at radius 2 is 1.33 bits per heavy atom. The molecule has 0 amide bonds. The van der Waals surface area contributed by atoms with Crippen molar-refractivity contribution in [1.82, 2.24) is 5.32 Å². The van der Waals surface area contributed by atoms with Gasteiger partial charge in [-0.25, -0.2) is 0 Å². The van der Waals surface area contributed by atoms with Crippen molar-refractivity contribution in [1.29, 1.82) is 0 Å². The number of nitrogens with one attached hydrogen (secondary N) is 1. The van der Waals surface area contributed by atoms with Gasteiger partial charge in [-0.05, 0) is 47.9 Å². The molecule has 1 saturated heterocycles. The van der Waals surface area contributed by atoms with E-state index in [0.29, 0.717) is 18.1 Å². The van der Waals surface area contributed by atoms with Crippen LogP contribution in [0.2, 0.25) is 0 Å². The molecule has 2 unspecified atom stereocenters. The summed E-state index contributed by atoms with van der Waals surface area (Å²) in [6.07, 6.45) is 3.24. The van der Waals surface area contributed by atoms with E-state index in [1.165, 1.54) is 11.1 Å². The van der Waals surface area contributed by atoms with E-state index in [1.54, 1.807) is 0 Å². The number of benzene rings is 3. The smallest absolute Gasteiger partial charge is 0.0807 e. The summed E-state index contributed by atoms with van der Waals surface area (Å²) in [5, 5.41) is 12.4. The Kier molecular flexibility index (Phi) is 16.9. The Morgan fingerprint density at radius 1 is 0.833 bits per heavy atom. The summed E-state index contributed by atoms with van der Waals surface area (Å²) in [5.41, 5.74) is 3.13. The van der Waals surface area contributed by atoms with E-state index >= 15 is 0 Å². The largest absolute Gasteiger partial charge is 0.394 e. The standard InChI is InChI=1S/C13H19NO2.C11H16.C6H6S.C2H6.H2/c15-9-13-7-6-12(10-16-13)14-8-11-4-2-1-3-5-11;1-11(2,3)9-10-7-5-4-6-8-10;7-6-4-2-1-3-5-6;1-2;/h1-5,12-15H,6-10H2;4-8H,9H2,1-3H3;1-5,7H;1-2H3;1H. The molecular formula is C32H49NO2S. The molecule has 4 rings (SSSR count). The van der Waals surface area contributed by atoms with E-state index in [0.717, 1.165) is 30.7 Å². The average Bonchev–Trinajstić information content (AvgIpc) is 2.90. The first-order valence-electron chi connectivity index (χ1n) is 13.1. The molecular weight excluding hydrogens is 462 g/mol. The van der Waals surface area contributed by atoms with E-state index in [9.17, 15) is 0 Å². The van der Waals surface area contributed by atoms with Gasteiger partial charge in [0.2, 0.25) is 0 Å². The second-order valence-electron chi connectivity index (χ2n) is 9.84. The second kappa shape index (κ2) is 19.1. The maximum Gasteiger partial charge on any atom is 0.0807 e. The van der Waals surface area contributed by atoms with Gasteiger partial charge in [0.15, 0.2) is 0 Å². The van der Waals surface area contributed by atoms with Gasteiger partial charge in [-0.15, -0.1) is 12.6 Å². The van der Waals surface area contributed by atoms with Gasteiger partial charge in [-0.2, -0.15) is 0 Å². The van der Waals surface area contributed by atoms with E-state index in [4.69, 9.17) is 9.84 Å². The minimum Gasteiger partial charge on any atom is -0.394 e. The minimum absolute atomic E-state index is 0. The molecule has 0 spiro atoms. The molecule has 3 aromatic carbocycles. The number of hydrogen-bond acceptors (Lipinski definition) is 4. The molecule has 1 aliphatic heterocycles. The van der Waals surface area contributed by atoms with Crippen LogP contribution in [0.15, 0.2) is 95.9 Å². The van der Waals surface area contributed by atoms with Crippen LogP contribution in [0, 0.1) is 5.41 Å². The second-order valence-corrected chi connectivity index (χ2v) is 10.4. The zero-order chi connectivity index (χ0) is 26.7. The van der Waals surface area contributed by atoms with Crippen LogP contribution in [0.4, 0.5) is 0 Å². The monoisotopic (exact) mass is 511 g/mol. The first-order valence-corrected chi connectivity index (χ1v) is 13.6. The van der Waals surface area contributed by atoms with Crippen LogP contribution in [0.3, 0.4) is 0 Å². The zero-order valence-electron chi connectivity index (χ0n) is 22.9. The van der Waals surface area contributed by atoms with Crippen LogP contribution in [0.1, 0.15) is 60.0 Å². The summed E-state index contributed by atoms with van der Waals surface area (Å²) in [6.45, 7) is 12.5. The minimum atomic E-state index is 0. The Bertz CT molecular complexity index is 881.